The van der Waals surface area contributed by atoms with Crippen molar-refractivity contribution in [1.82, 2.24) is 9.55 Å². The highest BCUT2D eigenvalue weighted by atomic mass is 16.5. The van der Waals surface area contributed by atoms with Crippen LogP contribution < -0.4 is 4.74 Å². The van der Waals surface area contributed by atoms with E-state index in [0.717, 1.165) is 25.0 Å². The molecule has 0 saturated carbocycles. The molecule has 1 aromatic carbocycles. The van der Waals surface area contributed by atoms with Crippen LogP contribution in [0.2, 0.25) is 0 Å². The molecule has 1 atom stereocenters. The van der Waals surface area contributed by atoms with E-state index < -0.39 is 0 Å². The number of ether oxygens (including phenoxy) is 1. The van der Waals surface area contributed by atoms with E-state index in [1.807, 2.05) is 30.7 Å². The standard InChI is InChI=1S/C15H13N3O/c16-7-11-3-4-13-14(6-11)19-9-15(13)5-1-2-12-8-17-10-18(12)15/h3-4,6,8,10H,1-2,5,9H2. The topological polar surface area (TPSA) is 50.8 Å². The predicted octanol–water partition coefficient (Wildman–Crippen LogP) is 2.23. The van der Waals surface area contributed by atoms with Crippen molar-refractivity contribution in [3.05, 3.63) is 47.5 Å². The maximum Gasteiger partial charge on any atom is 0.126 e. The quantitative estimate of drug-likeness (QED) is 0.721. The maximum atomic E-state index is 8.97. The van der Waals surface area contributed by atoms with Crippen LogP contribution in [-0.4, -0.2) is 16.2 Å². The number of rotatable bonds is 0. The van der Waals surface area contributed by atoms with E-state index in [9.17, 15) is 0 Å². The Balaban J connectivity index is 1.92. The maximum absolute atomic E-state index is 8.97. The number of benzene rings is 1. The van der Waals surface area contributed by atoms with Gasteiger partial charge in [0, 0.05) is 17.5 Å². The van der Waals surface area contributed by atoms with Gasteiger partial charge < -0.3 is 9.30 Å². The normalized spacial score (nSPS) is 23.5. The first-order valence-corrected chi connectivity index (χ1v) is 6.53. The van der Waals surface area contributed by atoms with Crippen molar-refractivity contribution in [2.24, 2.45) is 0 Å². The minimum Gasteiger partial charge on any atom is -0.490 e. The fraction of sp³-hybridized carbons (Fsp3) is 0.333. The monoisotopic (exact) mass is 251 g/mol. The molecule has 4 nitrogen and oxygen atoms in total. The van der Waals surface area contributed by atoms with Crippen LogP contribution in [0, 0.1) is 11.3 Å². The lowest BCUT2D eigenvalue weighted by atomic mass is 9.83. The minimum atomic E-state index is -0.118. The first-order valence-electron chi connectivity index (χ1n) is 6.53. The SMILES string of the molecule is N#Cc1ccc2c(c1)OCC21CCCc2cncn21. The van der Waals surface area contributed by atoms with Gasteiger partial charge in [-0.2, -0.15) is 5.26 Å². The van der Waals surface area contributed by atoms with Crippen LogP contribution in [0.15, 0.2) is 30.7 Å². The van der Waals surface area contributed by atoms with Crippen molar-refractivity contribution in [2.45, 2.75) is 24.8 Å². The molecular weight excluding hydrogens is 238 g/mol. The third-order valence-electron chi connectivity index (χ3n) is 4.28. The van der Waals surface area contributed by atoms with Crippen LogP contribution >= 0.6 is 0 Å². The smallest absolute Gasteiger partial charge is 0.126 e. The van der Waals surface area contributed by atoms with E-state index in [-0.39, 0.29) is 5.54 Å². The van der Waals surface area contributed by atoms with E-state index in [1.165, 1.54) is 11.3 Å². The van der Waals surface area contributed by atoms with Crippen molar-refractivity contribution in [2.75, 3.05) is 6.61 Å². The molecule has 1 unspecified atom stereocenters. The molecule has 0 radical (unpaired) electrons. The summed E-state index contributed by atoms with van der Waals surface area (Å²) < 4.78 is 8.12. The van der Waals surface area contributed by atoms with Crippen molar-refractivity contribution >= 4 is 0 Å². The summed E-state index contributed by atoms with van der Waals surface area (Å²) in [6.45, 7) is 0.639. The van der Waals surface area contributed by atoms with Crippen LogP contribution in [-0.2, 0) is 12.0 Å². The van der Waals surface area contributed by atoms with Gasteiger partial charge in [-0.05, 0) is 31.4 Å². The average molecular weight is 251 g/mol. The number of aryl methyl sites for hydroxylation is 1. The molecule has 0 bridgehead atoms. The highest BCUT2D eigenvalue weighted by Gasteiger charge is 2.44. The zero-order valence-corrected chi connectivity index (χ0v) is 10.5. The van der Waals surface area contributed by atoms with Gasteiger partial charge >= 0.3 is 0 Å². The Kier molecular flexibility index (Phi) is 2.02. The number of aromatic nitrogens is 2. The number of hydrogen-bond donors (Lipinski definition) is 0. The average Bonchev–Trinajstić information content (AvgIpc) is 3.05. The summed E-state index contributed by atoms with van der Waals surface area (Å²) in [5.74, 6) is 0.848. The Morgan fingerprint density at radius 1 is 1.42 bits per heavy atom. The Morgan fingerprint density at radius 2 is 2.37 bits per heavy atom. The van der Waals surface area contributed by atoms with Gasteiger partial charge in [0.05, 0.1) is 18.0 Å². The van der Waals surface area contributed by atoms with Gasteiger partial charge in [0.25, 0.3) is 0 Å². The summed E-state index contributed by atoms with van der Waals surface area (Å²) in [6.07, 6.45) is 7.14. The second-order valence-electron chi connectivity index (χ2n) is 5.25. The second-order valence-corrected chi connectivity index (χ2v) is 5.25. The fourth-order valence-electron chi connectivity index (χ4n) is 3.35. The third kappa shape index (κ3) is 1.30. The van der Waals surface area contributed by atoms with Crippen LogP contribution in [0.1, 0.15) is 29.7 Å². The van der Waals surface area contributed by atoms with Gasteiger partial charge in [-0.1, -0.05) is 6.07 Å². The number of fused-ring (bicyclic) bond motifs is 4. The first kappa shape index (κ1) is 10.6. The summed E-state index contributed by atoms with van der Waals surface area (Å²) in [5, 5.41) is 8.97. The fourth-order valence-corrected chi connectivity index (χ4v) is 3.35. The molecule has 2 aliphatic rings. The zero-order valence-electron chi connectivity index (χ0n) is 10.5. The van der Waals surface area contributed by atoms with E-state index in [2.05, 4.69) is 15.6 Å². The highest BCUT2D eigenvalue weighted by Crippen LogP contribution is 2.46. The molecule has 2 aromatic rings. The van der Waals surface area contributed by atoms with E-state index in [1.54, 1.807) is 0 Å². The molecule has 4 heteroatoms. The Labute approximate surface area is 111 Å². The molecule has 2 aliphatic heterocycles. The molecule has 0 amide bonds. The molecule has 94 valence electrons. The lowest BCUT2D eigenvalue weighted by molar-refractivity contribution is 0.202. The molecule has 0 saturated heterocycles. The zero-order chi connectivity index (χ0) is 12.9. The summed E-state index contributed by atoms with van der Waals surface area (Å²) in [5.41, 5.74) is 2.99. The summed E-state index contributed by atoms with van der Waals surface area (Å²) in [7, 11) is 0. The molecule has 0 N–H and O–H groups in total. The van der Waals surface area contributed by atoms with Gasteiger partial charge in [0.1, 0.15) is 17.9 Å². The van der Waals surface area contributed by atoms with Gasteiger partial charge in [-0.15, -0.1) is 0 Å². The molecule has 0 aliphatic carbocycles. The molecule has 0 fully saturated rings. The Morgan fingerprint density at radius 3 is 3.26 bits per heavy atom. The molecule has 19 heavy (non-hydrogen) atoms. The summed E-state index contributed by atoms with van der Waals surface area (Å²) in [4.78, 5) is 4.28. The largest absolute Gasteiger partial charge is 0.490 e. The molecule has 1 aromatic heterocycles. The summed E-state index contributed by atoms with van der Waals surface area (Å²) >= 11 is 0. The van der Waals surface area contributed by atoms with Crippen molar-refractivity contribution in [1.29, 1.82) is 5.26 Å². The van der Waals surface area contributed by atoms with Crippen molar-refractivity contribution < 1.29 is 4.74 Å². The van der Waals surface area contributed by atoms with E-state index >= 15 is 0 Å². The van der Waals surface area contributed by atoms with Crippen LogP contribution in [0.25, 0.3) is 0 Å². The van der Waals surface area contributed by atoms with Gasteiger partial charge in [0.15, 0.2) is 0 Å². The minimum absolute atomic E-state index is 0.118. The molecule has 3 heterocycles. The number of nitriles is 1. The van der Waals surface area contributed by atoms with Gasteiger partial charge in [0.2, 0.25) is 0 Å². The number of imidazole rings is 1. The lowest BCUT2D eigenvalue weighted by Gasteiger charge is -2.35. The van der Waals surface area contributed by atoms with Crippen molar-refractivity contribution in [3.63, 3.8) is 0 Å². The lowest BCUT2D eigenvalue weighted by Crippen LogP contribution is -2.40. The highest BCUT2D eigenvalue weighted by molar-refractivity contribution is 5.49. The first-order chi connectivity index (χ1) is 9.33. The second kappa shape index (κ2) is 3.61. The van der Waals surface area contributed by atoms with Crippen LogP contribution in [0.5, 0.6) is 5.75 Å². The van der Waals surface area contributed by atoms with Crippen LogP contribution in [0.3, 0.4) is 0 Å². The third-order valence-corrected chi connectivity index (χ3v) is 4.28. The number of nitrogens with zero attached hydrogens (tertiary/aromatic N) is 3. The van der Waals surface area contributed by atoms with Crippen LogP contribution in [0.4, 0.5) is 0 Å². The van der Waals surface area contributed by atoms with Gasteiger partial charge in [-0.3, -0.25) is 0 Å². The predicted molar refractivity (Wildman–Crippen MR) is 68.9 cm³/mol. The number of hydrogen-bond acceptors (Lipinski definition) is 3. The van der Waals surface area contributed by atoms with E-state index in [0.29, 0.717) is 12.2 Å². The Bertz CT molecular complexity index is 698. The molecule has 4 rings (SSSR count). The van der Waals surface area contributed by atoms with Crippen molar-refractivity contribution in [3.8, 4) is 11.8 Å². The van der Waals surface area contributed by atoms with E-state index in [4.69, 9.17) is 10.00 Å². The van der Waals surface area contributed by atoms with Gasteiger partial charge in [-0.25, -0.2) is 4.98 Å². The summed E-state index contributed by atoms with van der Waals surface area (Å²) in [6, 6.07) is 7.92. The Hall–Kier alpha value is -2.28. The molecular formula is C15H13N3O. The molecule has 1 spiro atoms.